The van der Waals surface area contributed by atoms with Crippen LogP contribution >= 0.6 is 0 Å². The zero-order valence-corrected chi connectivity index (χ0v) is 25.0. The number of quaternary nitrogens is 1. The van der Waals surface area contributed by atoms with Gasteiger partial charge >= 0.3 is 22.1 Å². The van der Waals surface area contributed by atoms with Crippen LogP contribution < -0.4 is 11.1 Å². The van der Waals surface area contributed by atoms with Gasteiger partial charge in [-0.1, -0.05) is 18.2 Å². The second-order valence-corrected chi connectivity index (χ2v) is 13.3. The van der Waals surface area contributed by atoms with Crippen molar-refractivity contribution in [1.29, 1.82) is 0 Å². The van der Waals surface area contributed by atoms with Gasteiger partial charge in [0.05, 0.1) is 29.4 Å². The van der Waals surface area contributed by atoms with Crippen LogP contribution in [-0.4, -0.2) is 46.7 Å². The summed E-state index contributed by atoms with van der Waals surface area (Å²) in [6.45, 7) is -0.261. The molecule has 3 atom stereocenters. The summed E-state index contributed by atoms with van der Waals surface area (Å²) in [5.74, 6) is -5.53. The number of benzene rings is 2. The summed E-state index contributed by atoms with van der Waals surface area (Å²) >= 11 is 0. The van der Waals surface area contributed by atoms with Crippen LogP contribution in [0.15, 0.2) is 90.0 Å². The van der Waals surface area contributed by atoms with Gasteiger partial charge in [-0.25, -0.2) is 18.2 Å². The molecule has 0 spiro atoms. The molecule has 2 aromatic heterocycles. The predicted octanol–water partition coefficient (Wildman–Crippen LogP) is 6.07. The summed E-state index contributed by atoms with van der Waals surface area (Å²) in [6, 6.07) is 13.2. The largest absolute Gasteiger partial charge is 0.416 e. The zero-order chi connectivity index (χ0) is 33.5. The maximum absolute atomic E-state index is 15.1. The standard InChI is InChI=1S/C31H27F6N5O3S/c1-19(25-4-2-3-13-39-25)40-28-15-20(14-26(41-28)21-5-7-22(8-6-21)31(35,36)37)17-42(18-30(33,34)16-27(42)29(38)43)46(44,45)24-11-9-23(32)10-12-24/h2-15,19,27H,16-18H2,1H3,(H2-,38,40,41,43)/p+1/t19?,27-,42?/m0/s1. The van der Waals surface area contributed by atoms with Gasteiger partial charge in [0.2, 0.25) is 0 Å². The number of amides is 1. The van der Waals surface area contributed by atoms with E-state index in [0.717, 1.165) is 36.4 Å². The van der Waals surface area contributed by atoms with E-state index in [1.165, 1.54) is 24.3 Å². The molecule has 1 amide bonds. The maximum atomic E-state index is 15.1. The highest BCUT2D eigenvalue weighted by Crippen LogP contribution is 2.45. The Bertz CT molecular complexity index is 1840. The van der Waals surface area contributed by atoms with Crippen molar-refractivity contribution in [2.24, 2.45) is 5.73 Å². The van der Waals surface area contributed by atoms with E-state index >= 15 is 8.78 Å². The first kappa shape index (κ1) is 32.9. The average Bonchev–Trinajstić information content (AvgIpc) is 3.29. The molecule has 15 heteroatoms. The molecule has 8 nitrogen and oxygen atoms in total. The molecule has 0 saturated carbocycles. The highest BCUT2D eigenvalue weighted by molar-refractivity contribution is 7.86. The number of nitrogens with two attached hydrogens (primary N) is 1. The Balaban J connectivity index is 1.66. The summed E-state index contributed by atoms with van der Waals surface area (Å²) in [7, 11) is -4.84. The van der Waals surface area contributed by atoms with Crippen molar-refractivity contribution in [3.05, 3.63) is 108 Å². The van der Waals surface area contributed by atoms with Gasteiger partial charge in [0.25, 0.3) is 5.91 Å². The summed E-state index contributed by atoms with van der Waals surface area (Å²) in [5.41, 5.74) is 5.65. The summed E-state index contributed by atoms with van der Waals surface area (Å²) in [4.78, 5) is 20.9. The number of rotatable bonds is 9. The molecule has 0 radical (unpaired) electrons. The molecule has 4 aromatic rings. The molecule has 2 unspecified atom stereocenters. The topological polar surface area (TPSA) is 115 Å². The lowest BCUT2D eigenvalue weighted by Crippen LogP contribution is -2.59. The molecule has 5 rings (SSSR count). The minimum atomic E-state index is -4.84. The molecule has 242 valence electrons. The third kappa shape index (κ3) is 6.56. The highest BCUT2D eigenvalue weighted by atomic mass is 32.2. The van der Waals surface area contributed by atoms with E-state index in [2.05, 4.69) is 15.3 Å². The number of halogens is 6. The first-order valence-electron chi connectivity index (χ1n) is 13.9. The van der Waals surface area contributed by atoms with Crippen molar-refractivity contribution in [1.82, 2.24) is 9.97 Å². The van der Waals surface area contributed by atoms with Gasteiger partial charge in [-0.05, 0) is 67.6 Å². The van der Waals surface area contributed by atoms with Crippen LogP contribution in [0, 0.1) is 5.82 Å². The summed E-state index contributed by atoms with van der Waals surface area (Å²) < 4.78 is 111. The van der Waals surface area contributed by atoms with Crippen molar-refractivity contribution in [2.45, 2.75) is 49.0 Å². The number of carbonyl (C=O) groups excluding carboxylic acids is 1. The first-order valence-corrected chi connectivity index (χ1v) is 15.4. The number of hydrogen-bond donors (Lipinski definition) is 2. The monoisotopic (exact) mass is 664 g/mol. The lowest BCUT2D eigenvalue weighted by molar-refractivity contribution is -0.827. The molecule has 3 heterocycles. The summed E-state index contributed by atoms with van der Waals surface area (Å²) in [5, 5.41) is 3.12. The third-order valence-corrected chi connectivity index (χ3v) is 10.2. The number of pyridine rings is 2. The normalized spacial score (nSPS) is 20.3. The Hall–Kier alpha value is -4.50. The molecular weight excluding hydrogens is 636 g/mol. The SMILES string of the molecule is CC(Nc1cc(C[N+]2(S(=O)(=O)c3ccc(F)cc3)CC(F)(F)C[C@H]2C(N)=O)cc(-c2ccc(C(F)(F)F)cc2)n1)c1ccccn1. The van der Waals surface area contributed by atoms with E-state index < -0.39 is 79.8 Å². The van der Waals surface area contributed by atoms with Gasteiger partial charge in [0, 0.05) is 17.3 Å². The molecule has 0 aliphatic carbocycles. The molecule has 1 aliphatic rings. The van der Waals surface area contributed by atoms with E-state index in [-0.39, 0.29) is 22.6 Å². The van der Waals surface area contributed by atoms with E-state index in [4.69, 9.17) is 5.73 Å². The second kappa shape index (κ2) is 12.0. The van der Waals surface area contributed by atoms with Crippen molar-refractivity contribution in [2.75, 3.05) is 11.9 Å². The third-order valence-electron chi connectivity index (χ3n) is 7.82. The molecule has 1 fully saturated rings. The number of aromatic nitrogens is 2. The maximum Gasteiger partial charge on any atom is 0.416 e. The van der Waals surface area contributed by atoms with Crippen LogP contribution in [-0.2, 0) is 27.5 Å². The Morgan fingerprint density at radius 2 is 1.74 bits per heavy atom. The van der Waals surface area contributed by atoms with Gasteiger partial charge < -0.3 is 11.1 Å². The zero-order valence-electron chi connectivity index (χ0n) is 24.2. The van der Waals surface area contributed by atoms with Crippen molar-refractivity contribution in [3.8, 4) is 11.3 Å². The van der Waals surface area contributed by atoms with Crippen molar-refractivity contribution < 1.29 is 43.4 Å². The van der Waals surface area contributed by atoms with Gasteiger partial charge in [0.1, 0.15) is 23.1 Å². The van der Waals surface area contributed by atoms with E-state index in [1.54, 1.807) is 31.3 Å². The van der Waals surface area contributed by atoms with Crippen LogP contribution in [0.25, 0.3) is 11.3 Å². The van der Waals surface area contributed by atoms with Gasteiger partial charge in [-0.15, -0.1) is 0 Å². The molecule has 3 N–H and O–H groups in total. The molecule has 1 saturated heterocycles. The van der Waals surface area contributed by atoms with Crippen molar-refractivity contribution >= 4 is 21.7 Å². The fourth-order valence-electron chi connectivity index (χ4n) is 5.64. The molecular formula is C31H28F6N5O3S+. The minimum absolute atomic E-state index is 0.0980. The molecule has 0 bridgehead atoms. The smallest absolute Gasteiger partial charge is 0.364 e. The quantitative estimate of drug-likeness (QED) is 0.166. The molecule has 2 aromatic carbocycles. The van der Waals surface area contributed by atoms with E-state index in [1.807, 2.05) is 0 Å². The fourth-order valence-corrected chi connectivity index (χ4v) is 7.73. The average molecular weight is 665 g/mol. The lowest BCUT2D eigenvalue weighted by atomic mass is 10.1. The Labute approximate surface area is 260 Å². The second-order valence-electron chi connectivity index (χ2n) is 11.1. The minimum Gasteiger partial charge on any atom is -0.364 e. The van der Waals surface area contributed by atoms with Gasteiger partial charge in [-0.3, -0.25) is 9.78 Å². The Kier molecular flexibility index (Phi) is 8.59. The number of carbonyl (C=O) groups is 1. The van der Waals surface area contributed by atoms with E-state index in [9.17, 15) is 30.8 Å². The fraction of sp³-hybridized carbons (Fsp3) is 0.258. The van der Waals surface area contributed by atoms with Crippen LogP contribution in [0.1, 0.15) is 36.2 Å². The number of alkyl halides is 5. The van der Waals surface area contributed by atoms with Gasteiger partial charge in [0.15, 0.2) is 12.6 Å². The van der Waals surface area contributed by atoms with E-state index in [0.29, 0.717) is 5.69 Å². The number of primary amides is 1. The number of anilines is 1. The number of sulfonamides is 1. The molecule has 1 aliphatic heterocycles. The molecule has 46 heavy (non-hydrogen) atoms. The number of likely N-dealkylation sites (tertiary alicyclic amines) is 1. The van der Waals surface area contributed by atoms with Crippen molar-refractivity contribution in [3.63, 3.8) is 0 Å². The first-order chi connectivity index (χ1) is 21.5. The predicted molar refractivity (Wildman–Crippen MR) is 156 cm³/mol. The number of hydrogen-bond acceptors (Lipinski definition) is 6. The highest BCUT2D eigenvalue weighted by Gasteiger charge is 2.65. The number of nitrogens with one attached hydrogen (secondary N) is 1. The van der Waals surface area contributed by atoms with Crippen LogP contribution in [0.3, 0.4) is 0 Å². The van der Waals surface area contributed by atoms with Crippen LogP contribution in [0.4, 0.5) is 32.2 Å². The van der Waals surface area contributed by atoms with Crippen LogP contribution in [0.5, 0.6) is 0 Å². The lowest BCUT2D eigenvalue weighted by Gasteiger charge is -2.36. The Morgan fingerprint density at radius 1 is 1.07 bits per heavy atom. The summed E-state index contributed by atoms with van der Waals surface area (Å²) in [6.07, 6.45) is -4.19. The van der Waals surface area contributed by atoms with Gasteiger partial charge in [-0.2, -0.15) is 25.5 Å². The Morgan fingerprint density at radius 3 is 2.33 bits per heavy atom. The van der Waals surface area contributed by atoms with Crippen LogP contribution in [0.2, 0.25) is 0 Å². The number of nitrogens with zero attached hydrogens (tertiary/aromatic N) is 3.